The van der Waals surface area contributed by atoms with Crippen LogP contribution in [0.2, 0.25) is 0 Å². The highest BCUT2D eigenvalue weighted by Crippen LogP contribution is 2.36. The van der Waals surface area contributed by atoms with Crippen molar-refractivity contribution >= 4 is 17.5 Å². The Kier molecular flexibility index (Phi) is 3.46. The summed E-state index contributed by atoms with van der Waals surface area (Å²) in [6, 6.07) is 0. The molecule has 7 heteroatoms. The highest BCUT2D eigenvalue weighted by molar-refractivity contribution is 5.75. The van der Waals surface area contributed by atoms with Gasteiger partial charge in [0, 0.05) is 13.1 Å². The minimum Gasteiger partial charge on any atom is -0.481 e. The summed E-state index contributed by atoms with van der Waals surface area (Å²) < 4.78 is 0. The Balaban J connectivity index is 2.18. The molecule has 0 aliphatic carbocycles. The van der Waals surface area contributed by atoms with Crippen LogP contribution in [0.15, 0.2) is 11.1 Å². The summed E-state index contributed by atoms with van der Waals surface area (Å²) in [6.07, 6.45) is 2.99. The van der Waals surface area contributed by atoms with E-state index >= 15 is 0 Å². The lowest BCUT2D eigenvalue weighted by atomic mass is 9.76. The highest BCUT2D eigenvalue weighted by atomic mass is 16.4. The van der Waals surface area contributed by atoms with Crippen molar-refractivity contribution in [2.24, 2.45) is 5.41 Å². The number of hydrogen-bond acceptors (Lipinski definition) is 5. The fourth-order valence-electron chi connectivity index (χ4n) is 2.52. The average molecular weight is 266 g/mol. The van der Waals surface area contributed by atoms with Gasteiger partial charge in [0.1, 0.15) is 5.69 Å². The Morgan fingerprint density at radius 1 is 1.58 bits per heavy atom. The number of aliphatic carboxylic acids is 1. The van der Waals surface area contributed by atoms with E-state index in [1.165, 1.54) is 6.33 Å². The summed E-state index contributed by atoms with van der Waals surface area (Å²) in [7, 11) is 0. The number of carbonyl (C=O) groups is 1. The number of aromatic nitrogens is 2. The molecule has 1 aliphatic rings. The Bertz CT molecular complexity index is 532. The molecule has 0 amide bonds. The topological polar surface area (TPSA) is 112 Å². The van der Waals surface area contributed by atoms with Crippen LogP contribution >= 0.6 is 0 Å². The van der Waals surface area contributed by atoms with Crippen molar-refractivity contribution < 1.29 is 9.90 Å². The predicted octanol–water partition coefficient (Wildman–Crippen LogP) is 0.433. The Morgan fingerprint density at radius 2 is 2.21 bits per heavy atom. The first kappa shape index (κ1) is 13.4. The first-order chi connectivity index (χ1) is 9.00. The number of carboxylic acids is 1. The third-order valence-electron chi connectivity index (χ3n) is 4.02. The van der Waals surface area contributed by atoms with Crippen molar-refractivity contribution in [1.82, 2.24) is 9.97 Å². The lowest BCUT2D eigenvalue weighted by Crippen LogP contribution is -2.45. The van der Waals surface area contributed by atoms with Crippen LogP contribution in [0.3, 0.4) is 0 Å². The number of carboxylic acid groups (broad SMARTS) is 1. The van der Waals surface area contributed by atoms with Crippen LogP contribution in [0.1, 0.15) is 26.2 Å². The minimum absolute atomic E-state index is 0.0850. The van der Waals surface area contributed by atoms with Gasteiger partial charge in [0.15, 0.2) is 5.82 Å². The Hall–Kier alpha value is -2.05. The van der Waals surface area contributed by atoms with Crippen LogP contribution in [0.5, 0.6) is 0 Å². The maximum Gasteiger partial charge on any atom is 0.309 e. The molecule has 1 saturated heterocycles. The molecular weight excluding hydrogens is 248 g/mol. The number of anilines is 2. The lowest BCUT2D eigenvalue weighted by Gasteiger charge is -2.39. The van der Waals surface area contributed by atoms with Crippen LogP contribution in [-0.2, 0) is 4.79 Å². The van der Waals surface area contributed by atoms with Crippen molar-refractivity contribution in [3.8, 4) is 0 Å². The number of nitrogens with two attached hydrogens (primary N) is 1. The van der Waals surface area contributed by atoms with E-state index in [0.717, 1.165) is 0 Å². The summed E-state index contributed by atoms with van der Waals surface area (Å²) in [6.45, 7) is 2.98. The van der Waals surface area contributed by atoms with Crippen molar-refractivity contribution in [3.63, 3.8) is 0 Å². The smallest absolute Gasteiger partial charge is 0.309 e. The minimum atomic E-state index is -0.749. The molecule has 1 aromatic heterocycles. The zero-order valence-corrected chi connectivity index (χ0v) is 10.8. The van der Waals surface area contributed by atoms with Crippen molar-refractivity contribution in [1.29, 1.82) is 0 Å². The number of aromatic amines is 1. The summed E-state index contributed by atoms with van der Waals surface area (Å²) in [4.78, 5) is 31.2. The van der Waals surface area contributed by atoms with Gasteiger partial charge in [0.2, 0.25) is 0 Å². The van der Waals surface area contributed by atoms with Gasteiger partial charge in [0.05, 0.1) is 11.7 Å². The molecule has 0 bridgehead atoms. The summed E-state index contributed by atoms with van der Waals surface area (Å²) in [5.74, 6) is -0.305. The predicted molar refractivity (Wildman–Crippen MR) is 71.1 cm³/mol. The third kappa shape index (κ3) is 2.27. The van der Waals surface area contributed by atoms with Crippen LogP contribution in [0.25, 0.3) is 0 Å². The molecule has 0 unspecified atom stereocenters. The van der Waals surface area contributed by atoms with Gasteiger partial charge in [-0.05, 0) is 19.3 Å². The second kappa shape index (κ2) is 4.91. The van der Waals surface area contributed by atoms with Crippen molar-refractivity contribution in [2.45, 2.75) is 26.2 Å². The maximum atomic E-state index is 11.4. The van der Waals surface area contributed by atoms with E-state index in [4.69, 9.17) is 5.73 Å². The van der Waals surface area contributed by atoms with E-state index in [9.17, 15) is 14.7 Å². The van der Waals surface area contributed by atoms with E-state index in [2.05, 4.69) is 9.97 Å². The van der Waals surface area contributed by atoms with Crippen molar-refractivity contribution in [3.05, 3.63) is 16.7 Å². The molecule has 0 atom stereocenters. The number of H-pyrrole nitrogens is 1. The van der Waals surface area contributed by atoms with E-state index < -0.39 is 11.4 Å². The van der Waals surface area contributed by atoms with E-state index in [0.29, 0.717) is 38.2 Å². The molecular formula is C12H18N4O3. The molecule has 2 rings (SSSR count). The van der Waals surface area contributed by atoms with Gasteiger partial charge in [0.25, 0.3) is 5.56 Å². The summed E-state index contributed by atoms with van der Waals surface area (Å²) in [5.41, 5.74) is 4.77. The van der Waals surface area contributed by atoms with Gasteiger partial charge in [-0.15, -0.1) is 0 Å². The zero-order chi connectivity index (χ0) is 14.0. The largest absolute Gasteiger partial charge is 0.481 e. The van der Waals surface area contributed by atoms with Gasteiger partial charge in [-0.1, -0.05) is 6.92 Å². The molecule has 0 aromatic carbocycles. The number of rotatable bonds is 3. The normalized spacial score (nSPS) is 18.3. The van der Waals surface area contributed by atoms with Crippen molar-refractivity contribution in [2.75, 3.05) is 23.7 Å². The summed E-state index contributed by atoms with van der Waals surface area (Å²) in [5, 5.41) is 9.33. The van der Waals surface area contributed by atoms with Crippen LogP contribution in [0.4, 0.5) is 11.5 Å². The molecule has 19 heavy (non-hydrogen) atoms. The molecule has 104 valence electrons. The van der Waals surface area contributed by atoms with Gasteiger partial charge < -0.3 is 20.7 Å². The second-order valence-electron chi connectivity index (χ2n) is 4.90. The molecule has 0 radical (unpaired) electrons. The number of nitrogens with zero attached hydrogens (tertiary/aromatic N) is 2. The SMILES string of the molecule is CCC1(C(=O)O)CCN(c2nc[nH]c(=O)c2N)CC1. The zero-order valence-electron chi connectivity index (χ0n) is 10.8. The molecule has 4 N–H and O–H groups in total. The van der Waals surface area contributed by atoms with Crippen LogP contribution < -0.4 is 16.2 Å². The van der Waals surface area contributed by atoms with Crippen LogP contribution in [0, 0.1) is 5.41 Å². The first-order valence-corrected chi connectivity index (χ1v) is 6.31. The second-order valence-corrected chi connectivity index (χ2v) is 4.90. The molecule has 2 heterocycles. The van der Waals surface area contributed by atoms with Gasteiger partial charge in [-0.3, -0.25) is 9.59 Å². The Morgan fingerprint density at radius 3 is 2.74 bits per heavy atom. The molecule has 0 spiro atoms. The molecule has 1 fully saturated rings. The maximum absolute atomic E-state index is 11.4. The number of nitrogen functional groups attached to an aromatic ring is 1. The molecule has 0 saturated carbocycles. The van der Waals surface area contributed by atoms with E-state index in [1.807, 2.05) is 11.8 Å². The molecule has 7 nitrogen and oxygen atoms in total. The number of piperidine rings is 1. The monoisotopic (exact) mass is 266 g/mol. The molecule has 1 aliphatic heterocycles. The van der Waals surface area contributed by atoms with E-state index in [1.54, 1.807) is 0 Å². The first-order valence-electron chi connectivity index (χ1n) is 6.31. The highest BCUT2D eigenvalue weighted by Gasteiger charge is 2.40. The number of hydrogen-bond donors (Lipinski definition) is 3. The van der Waals surface area contributed by atoms with Gasteiger partial charge in [-0.25, -0.2) is 4.98 Å². The number of nitrogens with one attached hydrogen (secondary N) is 1. The Labute approximate surface area is 110 Å². The summed E-state index contributed by atoms with van der Waals surface area (Å²) >= 11 is 0. The fourth-order valence-corrected chi connectivity index (χ4v) is 2.52. The fraction of sp³-hybridized carbons (Fsp3) is 0.583. The lowest BCUT2D eigenvalue weighted by molar-refractivity contribution is -0.150. The molecule has 1 aromatic rings. The van der Waals surface area contributed by atoms with Crippen LogP contribution in [-0.4, -0.2) is 34.1 Å². The van der Waals surface area contributed by atoms with E-state index in [-0.39, 0.29) is 11.2 Å². The third-order valence-corrected chi connectivity index (χ3v) is 4.02. The van der Waals surface area contributed by atoms with Gasteiger partial charge >= 0.3 is 5.97 Å². The quantitative estimate of drug-likeness (QED) is 0.731. The average Bonchev–Trinajstić information content (AvgIpc) is 2.42. The van der Waals surface area contributed by atoms with Gasteiger partial charge in [-0.2, -0.15) is 0 Å². The standard InChI is InChI=1S/C12H18N4O3/c1-2-12(11(18)19)3-5-16(6-4-12)9-8(13)10(17)15-7-14-9/h7H,2-6,13H2,1H3,(H,18,19)(H,14,15,17).